The lowest BCUT2D eigenvalue weighted by Crippen LogP contribution is -2.34. The van der Waals surface area contributed by atoms with E-state index in [-0.39, 0.29) is 22.7 Å². The first-order chi connectivity index (χ1) is 12.9. The van der Waals surface area contributed by atoms with Gasteiger partial charge in [0.1, 0.15) is 23.5 Å². The van der Waals surface area contributed by atoms with Gasteiger partial charge in [-0.3, -0.25) is 9.09 Å². The van der Waals surface area contributed by atoms with E-state index in [9.17, 15) is 19.1 Å². The highest BCUT2D eigenvalue weighted by molar-refractivity contribution is 7.80. The summed E-state index contributed by atoms with van der Waals surface area (Å²) < 4.78 is 38.2. The zero-order valence-corrected chi connectivity index (χ0v) is 16.8. The van der Waals surface area contributed by atoms with Gasteiger partial charge in [0.15, 0.2) is 17.7 Å². The molecule has 0 radical (unpaired) electrons. The third kappa shape index (κ3) is 4.39. The van der Waals surface area contributed by atoms with Crippen LogP contribution in [0.3, 0.4) is 0 Å². The first-order valence-electron chi connectivity index (χ1n) is 7.61. The average molecular weight is 457 g/mol. The fraction of sp³-hybridized carbons (Fsp3) is 0.545. The Kier molecular flexibility index (Phi) is 5.87. The van der Waals surface area contributed by atoms with E-state index in [1.54, 1.807) is 6.92 Å². The number of aryl methyl sites for hydroxylation is 1. The number of hydrogen-bond acceptors (Lipinski definition) is 11. The van der Waals surface area contributed by atoms with Crippen LogP contribution < -0.4 is 5.73 Å². The number of nitrogen functional groups attached to an aromatic ring is 1. The smallest absolute Gasteiger partial charge is 0.386 e. The topological polar surface area (TPSA) is 212 Å². The third-order valence-electron chi connectivity index (χ3n) is 3.79. The minimum atomic E-state index is -5.32. The summed E-state index contributed by atoms with van der Waals surface area (Å²) in [6.07, 6.45) is -3.97. The molecule has 17 heteroatoms. The number of thiol groups is 1. The monoisotopic (exact) mass is 457 g/mol. The van der Waals surface area contributed by atoms with E-state index in [1.165, 1.54) is 10.9 Å². The minimum Gasteiger partial charge on any atom is -0.386 e. The summed E-state index contributed by atoms with van der Waals surface area (Å²) >= 11 is 4.04. The molecule has 3 rings (SSSR count). The highest BCUT2D eigenvalue weighted by Gasteiger charge is 2.49. The molecule has 5 atom stereocenters. The van der Waals surface area contributed by atoms with Gasteiger partial charge in [-0.05, 0) is 6.92 Å². The summed E-state index contributed by atoms with van der Waals surface area (Å²) in [7, 11) is -10.6. The number of nitrogens with two attached hydrogens (primary N) is 1. The zero-order valence-electron chi connectivity index (χ0n) is 14.1. The predicted molar refractivity (Wildman–Crippen MR) is 96.1 cm³/mol. The van der Waals surface area contributed by atoms with E-state index < -0.39 is 40.2 Å². The molecule has 6 N–H and O–H groups in total. The van der Waals surface area contributed by atoms with Crippen molar-refractivity contribution in [3.05, 3.63) is 12.2 Å². The van der Waals surface area contributed by atoms with Crippen LogP contribution >= 0.6 is 28.3 Å². The van der Waals surface area contributed by atoms with Gasteiger partial charge >= 0.3 is 15.6 Å². The fourth-order valence-corrected chi connectivity index (χ4v) is 4.86. The van der Waals surface area contributed by atoms with E-state index in [0.29, 0.717) is 5.82 Å². The van der Waals surface area contributed by atoms with E-state index in [0.717, 1.165) is 0 Å². The van der Waals surface area contributed by atoms with Crippen LogP contribution in [0, 0.1) is 6.92 Å². The van der Waals surface area contributed by atoms with Gasteiger partial charge in [-0.2, -0.15) is 16.9 Å². The Labute approximate surface area is 162 Å². The number of ether oxygens (including phenoxy) is 1. The Morgan fingerprint density at radius 2 is 2.04 bits per heavy atom. The molecule has 28 heavy (non-hydrogen) atoms. The Balaban J connectivity index is 1.92. The van der Waals surface area contributed by atoms with Crippen molar-refractivity contribution in [1.82, 2.24) is 19.5 Å². The number of imidazole rings is 1. The lowest BCUT2D eigenvalue weighted by Gasteiger charge is -2.22. The van der Waals surface area contributed by atoms with Gasteiger partial charge in [0.2, 0.25) is 0 Å². The Morgan fingerprint density at radius 1 is 1.36 bits per heavy atom. The number of phosphoric ester groups is 1. The maximum Gasteiger partial charge on any atom is 0.481 e. The Morgan fingerprint density at radius 3 is 2.64 bits per heavy atom. The lowest BCUT2D eigenvalue weighted by atomic mass is 10.1. The first-order valence-corrected chi connectivity index (χ1v) is 11.3. The van der Waals surface area contributed by atoms with Crippen molar-refractivity contribution < 1.29 is 42.5 Å². The highest BCUT2D eigenvalue weighted by atomic mass is 32.1. The summed E-state index contributed by atoms with van der Waals surface area (Å²) in [5.41, 5.74) is 6.30. The number of rotatable bonds is 6. The molecular weight excluding hydrogens is 440 g/mol. The number of anilines is 1. The van der Waals surface area contributed by atoms with Gasteiger partial charge in [-0.25, -0.2) is 24.1 Å². The molecule has 1 saturated heterocycles. The summed E-state index contributed by atoms with van der Waals surface area (Å²) in [6.45, 7) is 1.60. The molecule has 0 aromatic carbocycles. The van der Waals surface area contributed by atoms with Crippen LogP contribution in [0.5, 0.6) is 0 Å². The summed E-state index contributed by atoms with van der Waals surface area (Å²) in [5.74, 6) is 0.395. The molecule has 2 aromatic heterocycles. The number of aliphatic hydroxyl groups excluding tert-OH is 1. The van der Waals surface area contributed by atoms with Crippen molar-refractivity contribution in [3.63, 3.8) is 0 Å². The molecule has 1 fully saturated rings. The summed E-state index contributed by atoms with van der Waals surface area (Å²) in [6, 6.07) is 0. The van der Waals surface area contributed by atoms with Crippen molar-refractivity contribution >= 4 is 45.3 Å². The molecule has 0 bridgehead atoms. The van der Waals surface area contributed by atoms with Crippen molar-refractivity contribution in [2.45, 2.75) is 31.5 Å². The van der Waals surface area contributed by atoms with Crippen LogP contribution in [-0.4, -0.2) is 63.4 Å². The number of aromatic nitrogens is 4. The average Bonchev–Trinajstić information content (AvgIpc) is 3.07. The quantitative estimate of drug-likeness (QED) is 0.239. The molecule has 0 saturated carbocycles. The predicted octanol–water partition coefficient (Wildman–Crippen LogP) is -0.500. The van der Waals surface area contributed by atoms with Crippen molar-refractivity contribution in [2.24, 2.45) is 0 Å². The number of nitrogens with zero attached hydrogens (tertiary/aromatic N) is 4. The maximum atomic E-state index is 11.9. The van der Waals surface area contributed by atoms with E-state index >= 15 is 0 Å². The molecule has 0 amide bonds. The minimum absolute atomic E-state index is 0.0586. The molecule has 1 unspecified atom stereocenters. The molecule has 0 aliphatic carbocycles. The number of hydrogen-bond donors (Lipinski definition) is 6. The largest absolute Gasteiger partial charge is 0.481 e. The molecule has 2 aromatic rings. The van der Waals surface area contributed by atoms with Crippen LogP contribution in [0.1, 0.15) is 12.1 Å². The molecule has 156 valence electrons. The number of fused-ring (bicyclic) bond motifs is 1. The van der Waals surface area contributed by atoms with Gasteiger partial charge in [-0.1, -0.05) is 0 Å². The van der Waals surface area contributed by atoms with E-state index in [4.69, 9.17) is 24.8 Å². The van der Waals surface area contributed by atoms with Crippen LogP contribution in [0.4, 0.5) is 5.82 Å². The fourth-order valence-electron chi connectivity index (χ4n) is 2.77. The summed E-state index contributed by atoms with van der Waals surface area (Å²) in [4.78, 5) is 39.3. The van der Waals surface area contributed by atoms with Gasteiger partial charge in [0, 0.05) is 5.75 Å². The van der Waals surface area contributed by atoms with E-state index in [1.807, 2.05) is 0 Å². The molecule has 0 spiro atoms. The second-order valence-electron chi connectivity index (χ2n) is 5.83. The zero-order chi connectivity index (χ0) is 20.9. The van der Waals surface area contributed by atoms with Crippen molar-refractivity contribution in [3.8, 4) is 0 Å². The molecule has 3 heterocycles. The van der Waals surface area contributed by atoms with Crippen LogP contribution in [0.15, 0.2) is 6.33 Å². The first kappa shape index (κ1) is 21.6. The number of aliphatic hydroxyl groups is 1. The molecule has 14 nitrogen and oxygen atoms in total. The summed E-state index contributed by atoms with van der Waals surface area (Å²) in [5, 5.41) is 10.6. The van der Waals surface area contributed by atoms with Crippen LogP contribution in [-0.2, 0) is 22.7 Å². The second kappa shape index (κ2) is 7.61. The standard InChI is InChI=1S/C11H17N5O9P2S/c1-4-14-9(12)6-10(15-4)16(3-13-6)11-7(17)8(5(2-28)23-11)24-27(21,22)25-26(18,19)20/h3,5,7-8,11,17,28H,2H2,1H3,(H,21,22)(H2,12,14,15)(H2,18,19,20)/t5-,7-,8-,11-/m1/s1. The SMILES string of the molecule is Cc1nc(N)c2ncn([C@@H]3O[C@H](CS)[C@@H](OP(=O)(O)OP(=O)(O)O)[C@H]3O)c2n1. The van der Waals surface area contributed by atoms with E-state index in [2.05, 4.69) is 31.9 Å². The van der Waals surface area contributed by atoms with Crippen molar-refractivity contribution in [1.29, 1.82) is 0 Å². The van der Waals surface area contributed by atoms with Gasteiger partial charge in [0.05, 0.1) is 12.4 Å². The Bertz CT molecular complexity index is 983. The van der Waals surface area contributed by atoms with Crippen LogP contribution in [0.2, 0.25) is 0 Å². The Hall–Kier alpha value is -1.12. The van der Waals surface area contributed by atoms with Crippen molar-refractivity contribution in [2.75, 3.05) is 11.5 Å². The molecule has 1 aliphatic heterocycles. The maximum absolute atomic E-state index is 11.9. The normalized spacial score (nSPS) is 27.9. The van der Waals surface area contributed by atoms with Gasteiger partial charge < -0.3 is 30.3 Å². The highest BCUT2D eigenvalue weighted by Crippen LogP contribution is 2.59. The number of phosphoric acid groups is 2. The lowest BCUT2D eigenvalue weighted by molar-refractivity contribution is -0.0288. The third-order valence-corrected chi connectivity index (χ3v) is 6.33. The molecule has 1 aliphatic rings. The van der Waals surface area contributed by atoms with Crippen LogP contribution in [0.25, 0.3) is 11.2 Å². The van der Waals surface area contributed by atoms with Gasteiger partial charge in [0.25, 0.3) is 0 Å². The van der Waals surface area contributed by atoms with Gasteiger partial charge in [-0.15, -0.1) is 0 Å². The second-order valence-corrected chi connectivity index (χ2v) is 8.98. The molecular formula is C11H17N5O9P2S.